The van der Waals surface area contributed by atoms with Crippen LogP contribution >= 0.6 is 11.3 Å². The highest BCUT2D eigenvalue weighted by molar-refractivity contribution is 7.16. The fourth-order valence-electron chi connectivity index (χ4n) is 3.68. The number of fused-ring (bicyclic) bond motifs is 1. The van der Waals surface area contributed by atoms with Gasteiger partial charge in [-0.05, 0) is 6.92 Å². The predicted molar refractivity (Wildman–Crippen MR) is 109 cm³/mol. The molecule has 0 radical (unpaired) electrons. The minimum Gasteiger partial charge on any atom is -0.379 e. The number of urea groups is 1. The first-order valence-corrected chi connectivity index (χ1v) is 10.5. The van der Waals surface area contributed by atoms with E-state index in [-0.39, 0.29) is 18.0 Å². The number of ether oxygens (including phenoxy) is 1. The molecule has 0 spiro atoms. The number of carbonyl (C=O) groups excluding carboxylic acids is 1. The van der Waals surface area contributed by atoms with Crippen molar-refractivity contribution in [1.29, 1.82) is 0 Å². The van der Waals surface area contributed by atoms with Gasteiger partial charge in [-0.2, -0.15) is 4.98 Å². The summed E-state index contributed by atoms with van der Waals surface area (Å²) >= 11 is 1.45. The number of amides is 2. The van der Waals surface area contributed by atoms with Crippen LogP contribution in [0.4, 0.5) is 16.6 Å². The minimum absolute atomic E-state index is 0.0132. The van der Waals surface area contributed by atoms with Crippen LogP contribution in [0.2, 0.25) is 0 Å². The molecule has 2 fully saturated rings. The molecule has 0 unspecified atom stereocenters. The van der Waals surface area contributed by atoms with Crippen molar-refractivity contribution < 1.29 is 9.53 Å². The van der Waals surface area contributed by atoms with Gasteiger partial charge in [0.2, 0.25) is 5.95 Å². The predicted octanol–water partition coefficient (Wildman–Crippen LogP) is 0.221. The molecule has 0 bridgehead atoms. The third-order valence-corrected chi connectivity index (χ3v) is 5.91. The largest absolute Gasteiger partial charge is 0.379 e. The number of aromatic nitrogens is 3. The molecular weight excluding hydrogens is 380 g/mol. The molecule has 28 heavy (non-hydrogen) atoms. The van der Waals surface area contributed by atoms with Crippen molar-refractivity contribution in [2.24, 2.45) is 0 Å². The monoisotopic (exact) mass is 406 g/mol. The lowest BCUT2D eigenvalue weighted by molar-refractivity contribution is 0.0385. The first-order valence-electron chi connectivity index (χ1n) is 9.58. The summed E-state index contributed by atoms with van der Waals surface area (Å²) < 4.78 is 5.35. The molecule has 0 aromatic carbocycles. The molecule has 0 aliphatic carbocycles. The number of carbonyl (C=O) groups is 1. The molecule has 152 valence electrons. The van der Waals surface area contributed by atoms with Crippen LogP contribution in [0.3, 0.4) is 0 Å². The maximum atomic E-state index is 12.6. The van der Waals surface area contributed by atoms with Gasteiger partial charge in [0.15, 0.2) is 10.6 Å². The summed E-state index contributed by atoms with van der Waals surface area (Å²) in [5.74, 6) is 1.01. The zero-order chi connectivity index (χ0) is 19.5. The molecule has 2 amide bonds. The van der Waals surface area contributed by atoms with Crippen molar-refractivity contribution >= 4 is 39.5 Å². The minimum atomic E-state index is -0.0132. The smallest absolute Gasteiger partial charge is 0.317 e. The summed E-state index contributed by atoms with van der Waals surface area (Å²) in [6, 6.07) is 0.0960. The van der Waals surface area contributed by atoms with Crippen LogP contribution in [0.15, 0.2) is 5.51 Å². The summed E-state index contributed by atoms with van der Waals surface area (Å²) in [5, 5.41) is 3.04. The standard InChI is InChI=1S/C17H26N8O2S/c1-12-10-24(17(26)19-2-3-23-6-8-27-9-7-23)4-5-25(12)14-13-15(28-11-20-13)22-16(18)21-14/h11-12H,2-10H2,1H3,(H,19,26)(H2,18,21,22)/t12-/m0/s1. The molecule has 3 N–H and O–H groups in total. The average Bonchev–Trinajstić information content (AvgIpc) is 3.16. The Morgan fingerprint density at radius 1 is 1.32 bits per heavy atom. The fourth-order valence-corrected chi connectivity index (χ4v) is 4.34. The number of thiazole rings is 1. The molecule has 0 saturated carbocycles. The van der Waals surface area contributed by atoms with Crippen molar-refractivity contribution in [3.63, 3.8) is 0 Å². The lowest BCUT2D eigenvalue weighted by Gasteiger charge is -2.40. The Labute approximate surface area is 167 Å². The van der Waals surface area contributed by atoms with Gasteiger partial charge >= 0.3 is 6.03 Å². The van der Waals surface area contributed by atoms with E-state index in [9.17, 15) is 4.79 Å². The second-order valence-corrected chi connectivity index (χ2v) is 7.92. The normalized spacial score (nSPS) is 21.2. The van der Waals surface area contributed by atoms with Crippen LogP contribution in [-0.4, -0.2) is 95.9 Å². The topological polar surface area (TPSA) is 113 Å². The van der Waals surface area contributed by atoms with Crippen molar-refractivity contribution in [3.8, 4) is 0 Å². The van der Waals surface area contributed by atoms with Gasteiger partial charge in [-0.1, -0.05) is 0 Å². The first-order chi connectivity index (χ1) is 13.6. The Balaban J connectivity index is 1.33. The highest BCUT2D eigenvalue weighted by atomic mass is 32.1. The quantitative estimate of drug-likeness (QED) is 0.742. The maximum absolute atomic E-state index is 12.6. The highest BCUT2D eigenvalue weighted by Gasteiger charge is 2.29. The Hall–Kier alpha value is -2.24. The van der Waals surface area contributed by atoms with E-state index in [1.165, 1.54) is 11.3 Å². The Morgan fingerprint density at radius 3 is 2.93 bits per heavy atom. The Bertz CT molecular complexity index is 825. The van der Waals surface area contributed by atoms with Gasteiger partial charge in [-0.3, -0.25) is 4.90 Å². The van der Waals surface area contributed by atoms with Crippen LogP contribution in [0.5, 0.6) is 0 Å². The zero-order valence-electron chi connectivity index (χ0n) is 16.0. The van der Waals surface area contributed by atoms with Gasteiger partial charge in [0.25, 0.3) is 0 Å². The van der Waals surface area contributed by atoms with Gasteiger partial charge < -0.3 is 25.6 Å². The number of hydrogen-bond donors (Lipinski definition) is 2. The van der Waals surface area contributed by atoms with Crippen LogP contribution in [0.1, 0.15) is 6.92 Å². The van der Waals surface area contributed by atoms with Gasteiger partial charge in [-0.15, -0.1) is 11.3 Å². The molecule has 2 aliphatic heterocycles. The van der Waals surface area contributed by atoms with E-state index in [1.54, 1.807) is 5.51 Å². The third-order valence-electron chi connectivity index (χ3n) is 5.19. The number of nitrogens with zero attached hydrogens (tertiary/aromatic N) is 6. The van der Waals surface area contributed by atoms with Crippen molar-refractivity contribution in [2.45, 2.75) is 13.0 Å². The van der Waals surface area contributed by atoms with Gasteiger partial charge in [0, 0.05) is 51.9 Å². The number of nitrogens with one attached hydrogen (secondary N) is 1. The van der Waals surface area contributed by atoms with E-state index in [2.05, 4.69) is 37.0 Å². The van der Waals surface area contributed by atoms with Crippen LogP contribution in [0, 0.1) is 0 Å². The number of hydrogen-bond acceptors (Lipinski definition) is 9. The van der Waals surface area contributed by atoms with E-state index in [0.717, 1.165) is 49.0 Å². The number of morpholine rings is 1. The molecule has 4 heterocycles. The van der Waals surface area contributed by atoms with Gasteiger partial charge in [0.05, 0.1) is 18.7 Å². The lowest BCUT2D eigenvalue weighted by atomic mass is 10.2. The summed E-state index contributed by atoms with van der Waals surface area (Å²) in [4.78, 5) is 32.7. The molecule has 10 nitrogen and oxygen atoms in total. The highest BCUT2D eigenvalue weighted by Crippen LogP contribution is 2.28. The van der Waals surface area contributed by atoms with E-state index < -0.39 is 0 Å². The third kappa shape index (κ3) is 4.10. The second kappa shape index (κ2) is 8.41. The molecule has 2 aromatic heterocycles. The van der Waals surface area contributed by atoms with E-state index in [0.29, 0.717) is 26.2 Å². The number of piperazine rings is 1. The molecule has 1 atom stereocenters. The van der Waals surface area contributed by atoms with E-state index in [1.807, 2.05) is 4.90 Å². The molecule has 4 rings (SSSR count). The number of nitrogen functional groups attached to an aromatic ring is 1. The number of anilines is 2. The Morgan fingerprint density at radius 2 is 2.14 bits per heavy atom. The number of rotatable bonds is 4. The summed E-state index contributed by atoms with van der Waals surface area (Å²) in [7, 11) is 0. The van der Waals surface area contributed by atoms with Crippen LogP contribution < -0.4 is 16.0 Å². The zero-order valence-corrected chi connectivity index (χ0v) is 16.8. The molecule has 2 saturated heterocycles. The SMILES string of the molecule is C[C@H]1CN(C(=O)NCCN2CCOCC2)CCN1c1nc(N)nc2scnc12. The first kappa shape index (κ1) is 19.1. The average molecular weight is 407 g/mol. The summed E-state index contributed by atoms with van der Waals surface area (Å²) in [5.41, 5.74) is 8.40. The van der Waals surface area contributed by atoms with Crippen LogP contribution in [-0.2, 0) is 4.74 Å². The van der Waals surface area contributed by atoms with Crippen molar-refractivity contribution in [1.82, 2.24) is 30.1 Å². The fraction of sp³-hybridized carbons (Fsp3) is 0.647. The molecule has 2 aromatic rings. The van der Waals surface area contributed by atoms with Crippen molar-refractivity contribution in [3.05, 3.63) is 5.51 Å². The molecular formula is C17H26N8O2S. The van der Waals surface area contributed by atoms with Gasteiger partial charge in [0.1, 0.15) is 5.52 Å². The molecule has 2 aliphatic rings. The molecule has 11 heteroatoms. The summed E-state index contributed by atoms with van der Waals surface area (Å²) in [6.45, 7) is 8.92. The Kier molecular flexibility index (Phi) is 5.74. The van der Waals surface area contributed by atoms with E-state index in [4.69, 9.17) is 10.5 Å². The summed E-state index contributed by atoms with van der Waals surface area (Å²) in [6.07, 6.45) is 0. The number of nitrogens with two attached hydrogens (primary N) is 1. The maximum Gasteiger partial charge on any atom is 0.317 e. The van der Waals surface area contributed by atoms with Crippen LogP contribution in [0.25, 0.3) is 10.3 Å². The second-order valence-electron chi connectivity index (χ2n) is 7.09. The lowest BCUT2D eigenvalue weighted by Crippen LogP contribution is -2.56. The van der Waals surface area contributed by atoms with E-state index >= 15 is 0 Å². The van der Waals surface area contributed by atoms with Crippen molar-refractivity contribution in [2.75, 3.05) is 69.7 Å². The van der Waals surface area contributed by atoms with Gasteiger partial charge in [-0.25, -0.2) is 14.8 Å².